The van der Waals surface area contributed by atoms with Gasteiger partial charge in [-0.1, -0.05) is 24.8 Å². The molecule has 1 aromatic carbocycles. The fraction of sp³-hybridized carbons (Fsp3) is 0.471. The first-order valence-electron chi connectivity index (χ1n) is 7.06. The van der Waals surface area contributed by atoms with Crippen molar-refractivity contribution < 1.29 is 14.6 Å². The molecule has 2 N–H and O–H groups in total. The van der Waals surface area contributed by atoms with Gasteiger partial charge in [0, 0.05) is 32.1 Å². The molecule has 0 aromatic heterocycles. The Balaban J connectivity index is 2.78. The number of carbonyl (C=O) groups is 1. The summed E-state index contributed by atoms with van der Waals surface area (Å²) in [6.45, 7) is 4.54. The molecule has 4 heteroatoms. The molecule has 1 amide bonds. The lowest BCUT2D eigenvalue weighted by Crippen LogP contribution is -2.18. The summed E-state index contributed by atoms with van der Waals surface area (Å²) in [5.41, 5.74) is 2.56. The molecule has 1 atom stereocenters. The first-order chi connectivity index (χ1) is 10.1. The van der Waals surface area contributed by atoms with Gasteiger partial charge in [0.1, 0.15) is 0 Å². The first kappa shape index (κ1) is 17.2. The van der Waals surface area contributed by atoms with Crippen LogP contribution >= 0.6 is 0 Å². The van der Waals surface area contributed by atoms with E-state index < -0.39 is 0 Å². The van der Waals surface area contributed by atoms with Crippen LogP contribution in [0.3, 0.4) is 0 Å². The molecule has 4 nitrogen and oxygen atoms in total. The Labute approximate surface area is 126 Å². The number of aliphatic hydroxyl groups excluding tert-OH is 1. The highest BCUT2D eigenvalue weighted by molar-refractivity contribution is 5.92. The number of hydrogen-bond acceptors (Lipinski definition) is 3. The SMILES string of the molecule is COCC(C)CC(=O)Nc1ccc(C)cc1C#CCCO. The Bertz CT molecular complexity index is 529. The molecule has 0 saturated heterocycles. The van der Waals surface area contributed by atoms with Crippen molar-refractivity contribution in [1.29, 1.82) is 0 Å². The van der Waals surface area contributed by atoms with Gasteiger partial charge in [0.15, 0.2) is 0 Å². The maximum atomic E-state index is 12.0. The maximum Gasteiger partial charge on any atom is 0.224 e. The van der Waals surface area contributed by atoms with Gasteiger partial charge < -0.3 is 15.2 Å². The van der Waals surface area contributed by atoms with E-state index in [9.17, 15) is 4.79 Å². The van der Waals surface area contributed by atoms with Crippen molar-refractivity contribution in [3.63, 3.8) is 0 Å². The largest absolute Gasteiger partial charge is 0.395 e. The molecular formula is C17H23NO3. The quantitative estimate of drug-likeness (QED) is 0.790. The molecule has 0 fully saturated rings. The standard InChI is InChI=1S/C17H23NO3/c1-13-7-8-16(15(10-13)6-4-5-9-19)18-17(20)11-14(2)12-21-3/h7-8,10,14,19H,5,9,11-12H2,1-3H3,(H,18,20). The summed E-state index contributed by atoms with van der Waals surface area (Å²) < 4.78 is 5.03. The summed E-state index contributed by atoms with van der Waals surface area (Å²) in [7, 11) is 1.63. The molecule has 0 aliphatic heterocycles. The molecule has 0 aliphatic rings. The van der Waals surface area contributed by atoms with Crippen LogP contribution in [0.4, 0.5) is 5.69 Å². The number of amides is 1. The van der Waals surface area contributed by atoms with Crippen molar-refractivity contribution in [2.24, 2.45) is 5.92 Å². The number of nitrogens with one attached hydrogen (secondary N) is 1. The Morgan fingerprint density at radius 2 is 2.24 bits per heavy atom. The zero-order chi connectivity index (χ0) is 15.7. The molecule has 21 heavy (non-hydrogen) atoms. The summed E-state index contributed by atoms with van der Waals surface area (Å²) >= 11 is 0. The number of anilines is 1. The lowest BCUT2D eigenvalue weighted by Gasteiger charge is -2.12. The molecule has 0 heterocycles. The second-order valence-electron chi connectivity index (χ2n) is 5.14. The predicted octanol–water partition coefficient (Wildman–Crippen LogP) is 2.34. The van der Waals surface area contributed by atoms with Crippen LogP contribution in [0, 0.1) is 24.7 Å². The van der Waals surface area contributed by atoms with Gasteiger partial charge in [-0.05, 0) is 30.5 Å². The van der Waals surface area contributed by atoms with Gasteiger partial charge in [-0.3, -0.25) is 4.79 Å². The molecule has 0 radical (unpaired) electrons. The van der Waals surface area contributed by atoms with Gasteiger partial charge in [0.25, 0.3) is 0 Å². The van der Waals surface area contributed by atoms with Crippen LogP contribution in [0.2, 0.25) is 0 Å². The minimum absolute atomic E-state index is 0.0367. The predicted molar refractivity (Wildman–Crippen MR) is 84.0 cm³/mol. The number of hydrogen-bond donors (Lipinski definition) is 2. The minimum Gasteiger partial charge on any atom is -0.395 e. The van der Waals surface area contributed by atoms with Crippen molar-refractivity contribution in [1.82, 2.24) is 0 Å². The van der Waals surface area contributed by atoms with Crippen molar-refractivity contribution in [3.8, 4) is 11.8 Å². The monoisotopic (exact) mass is 289 g/mol. The van der Waals surface area contributed by atoms with Gasteiger partial charge >= 0.3 is 0 Å². The number of carbonyl (C=O) groups excluding carboxylic acids is 1. The molecule has 1 rings (SSSR count). The van der Waals surface area contributed by atoms with Crippen molar-refractivity contribution in [2.75, 3.05) is 25.6 Å². The zero-order valence-corrected chi connectivity index (χ0v) is 12.9. The van der Waals surface area contributed by atoms with Crippen LogP contribution in [0.25, 0.3) is 0 Å². The number of ether oxygens (including phenoxy) is 1. The molecule has 114 valence electrons. The van der Waals surface area contributed by atoms with E-state index in [4.69, 9.17) is 9.84 Å². The van der Waals surface area contributed by atoms with E-state index in [1.54, 1.807) is 7.11 Å². The smallest absolute Gasteiger partial charge is 0.224 e. The molecule has 1 unspecified atom stereocenters. The summed E-state index contributed by atoms with van der Waals surface area (Å²) in [6, 6.07) is 5.72. The van der Waals surface area contributed by atoms with E-state index in [-0.39, 0.29) is 18.4 Å². The van der Waals surface area contributed by atoms with E-state index in [0.29, 0.717) is 25.1 Å². The van der Waals surface area contributed by atoms with Crippen LogP contribution in [0.1, 0.15) is 30.9 Å². The van der Waals surface area contributed by atoms with Crippen LogP contribution in [0.15, 0.2) is 18.2 Å². The number of aliphatic hydroxyl groups is 1. The summed E-state index contributed by atoms with van der Waals surface area (Å²) in [6.07, 6.45) is 0.831. The van der Waals surface area contributed by atoms with Crippen molar-refractivity contribution in [3.05, 3.63) is 29.3 Å². The van der Waals surface area contributed by atoms with Gasteiger partial charge in [-0.15, -0.1) is 0 Å². The second-order valence-corrected chi connectivity index (χ2v) is 5.14. The first-order valence-corrected chi connectivity index (χ1v) is 7.06. The fourth-order valence-electron chi connectivity index (χ4n) is 1.95. The number of aryl methyl sites for hydroxylation is 1. The minimum atomic E-state index is -0.0476. The number of rotatable bonds is 6. The lowest BCUT2D eigenvalue weighted by atomic mass is 10.1. The molecule has 0 bridgehead atoms. The highest BCUT2D eigenvalue weighted by atomic mass is 16.5. The summed E-state index contributed by atoms with van der Waals surface area (Å²) in [5.74, 6) is 5.99. The molecule has 0 aliphatic carbocycles. The maximum absolute atomic E-state index is 12.0. The average molecular weight is 289 g/mol. The lowest BCUT2D eigenvalue weighted by molar-refractivity contribution is -0.117. The van der Waals surface area contributed by atoms with Crippen LogP contribution < -0.4 is 5.32 Å². The van der Waals surface area contributed by atoms with Gasteiger partial charge in [0.05, 0.1) is 12.3 Å². The van der Waals surface area contributed by atoms with E-state index >= 15 is 0 Å². The van der Waals surface area contributed by atoms with Crippen LogP contribution in [-0.2, 0) is 9.53 Å². The molecule has 1 aromatic rings. The Kier molecular flexibility index (Phi) is 7.52. The van der Waals surface area contributed by atoms with Crippen molar-refractivity contribution in [2.45, 2.75) is 26.7 Å². The second kappa shape index (κ2) is 9.17. The average Bonchev–Trinajstić information content (AvgIpc) is 2.42. The summed E-state index contributed by atoms with van der Waals surface area (Å²) in [4.78, 5) is 12.0. The van der Waals surface area contributed by atoms with E-state index in [1.807, 2.05) is 32.0 Å². The van der Waals surface area contributed by atoms with Gasteiger partial charge in [-0.25, -0.2) is 0 Å². The van der Waals surface area contributed by atoms with E-state index in [2.05, 4.69) is 17.2 Å². The Morgan fingerprint density at radius 3 is 2.90 bits per heavy atom. The normalized spacial score (nSPS) is 11.4. The van der Waals surface area contributed by atoms with Crippen LogP contribution in [-0.4, -0.2) is 31.3 Å². The fourth-order valence-corrected chi connectivity index (χ4v) is 1.95. The molecule has 0 spiro atoms. The molecular weight excluding hydrogens is 266 g/mol. The van der Waals surface area contributed by atoms with E-state index in [1.165, 1.54) is 0 Å². The van der Waals surface area contributed by atoms with E-state index in [0.717, 1.165) is 11.1 Å². The van der Waals surface area contributed by atoms with Crippen molar-refractivity contribution >= 4 is 11.6 Å². The Morgan fingerprint density at radius 1 is 1.48 bits per heavy atom. The topological polar surface area (TPSA) is 58.6 Å². The van der Waals surface area contributed by atoms with Gasteiger partial charge in [0.2, 0.25) is 5.91 Å². The summed E-state index contributed by atoms with van der Waals surface area (Å²) in [5, 5.41) is 11.7. The zero-order valence-electron chi connectivity index (χ0n) is 12.9. The number of benzene rings is 1. The van der Waals surface area contributed by atoms with Gasteiger partial charge in [-0.2, -0.15) is 0 Å². The third-order valence-corrected chi connectivity index (χ3v) is 2.89. The third kappa shape index (κ3) is 6.44. The highest BCUT2D eigenvalue weighted by Gasteiger charge is 2.10. The highest BCUT2D eigenvalue weighted by Crippen LogP contribution is 2.17. The Hall–Kier alpha value is -1.83. The molecule has 0 saturated carbocycles. The number of methoxy groups -OCH3 is 1. The third-order valence-electron chi connectivity index (χ3n) is 2.89. The van der Waals surface area contributed by atoms with Crippen LogP contribution in [0.5, 0.6) is 0 Å².